The van der Waals surface area contributed by atoms with Crippen LogP contribution in [0.3, 0.4) is 0 Å². The lowest BCUT2D eigenvalue weighted by molar-refractivity contribution is -0.122. The molecule has 2 amide bonds. The fourth-order valence-corrected chi connectivity index (χ4v) is 3.87. The average Bonchev–Trinajstić information content (AvgIpc) is 3.32. The molecule has 3 heterocycles. The summed E-state index contributed by atoms with van der Waals surface area (Å²) < 4.78 is 0.899. The number of nitrogens with one attached hydrogen (secondary N) is 1. The molecule has 0 spiro atoms. The predicted molar refractivity (Wildman–Crippen MR) is 107 cm³/mol. The van der Waals surface area contributed by atoms with Crippen LogP contribution in [0, 0.1) is 5.92 Å². The zero-order valence-electron chi connectivity index (χ0n) is 14.8. The largest absolute Gasteiger partial charge is 0.341 e. The van der Waals surface area contributed by atoms with Gasteiger partial charge in [0.25, 0.3) is 0 Å². The Bertz CT molecular complexity index is 851. The van der Waals surface area contributed by atoms with Crippen LogP contribution in [0.25, 0.3) is 0 Å². The van der Waals surface area contributed by atoms with E-state index in [4.69, 9.17) is 0 Å². The maximum atomic E-state index is 12.6. The first-order valence-electron chi connectivity index (χ1n) is 9.04. The minimum atomic E-state index is -0.394. The molecule has 8 heteroatoms. The minimum absolute atomic E-state index is 0.0473. The molecule has 2 saturated heterocycles. The number of carbonyl (C=O) groups is 2. The summed E-state index contributed by atoms with van der Waals surface area (Å²) >= 11 is 3.41. The standard InChI is InChI=1S/C19H20BrN5O2/c20-14-4-3-5-16(9-14)25-12-13(8-17(25)26)18(27)23-15-10-21-19(22-11-15)24-6-1-2-7-24/h3-5,9-11,13H,1-2,6-8,12H2,(H,23,27). The molecule has 2 aliphatic rings. The second kappa shape index (κ2) is 7.64. The molecule has 7 nitrogen and oxygen atoms in total. The fourth-order valence-electron chi connectivity index (χ4n) is 3.49. The van der Waals surface area contributed by atoms with E-state index in [1.54, 1.807) is 17.3 Å². The molecule has 2 fully saturated rings. The Labute approximate surface area is 165 Å². The Morgan fingerprint density at radius 2 is 1.93 bits per heavy atom. The Kier molecular flexibility index (Phi) is 5.07. The highest BCUT2D eigenvalue weighted by molar-refractivity contribution is 9.10. The lowest BCUT2D eigenvalue weighted by Crippen LogP contribution is -2.28. The van der Waals surface area contributed by atoms with Gasteiger partial charge in [-0.15, -0.1) is 0 Å². The number of halogens is 1. The number of rotatable bonds is 4. The second-order valence-corrected chi connectivity index (χ2v) is 7.76. The third kappa shape index (κ3) is 3.95. The number of hydrogen-bond acceptors (Lipinski definition) is 5. The van der Waals surface area contributed by atoms with Crippen molar-refractivity contribution < 1.29 is 9.59 Å². The lowest BCUT2D eigenvalue weighted by Gasteiger charge is -2.17. The van der Waals surface area contributed by atoms with Crippen molar-refractivity contribution in [1.82, 2.24) is 9.97 Å². The van der Waals surface area contributed by atoms with Crippen molar-refractivity contribution in [2.45, 2.75) is 19.3 Å². The van der Waals surface area contributed by atoms with Crippen molar-refractivity contribution in [3.8, 4) is 0 Å². The predicted octanol–water partition coefficient (Wildman–Crippen LogP) is 2.83. The van der Waals surface area contributed by atoms with Crippen molar-refractivity contribution in [1.29, 1.82) is 0 Å². The summed E-state index contributed by atoms with van der Waals surface area (Å²) in [5, 5.41) is 2.84. The van der Waals surface area contributed by atoms with Gasteiger partial charge in [-0.3, -0.25) is 9.59 Å². The summed E-state index contributed by atoms with van der Waals surface area (Å²) in [6.45, 7) is 2.32. The van der Waals surface area contributed by atoms with Crippen LogP contribution in [0.2, 0.25) is 0 Å². The zero-order chi connectivity index (χ0) is 18.8. The zero-order valence-corrected chi connectivity index (χ0v) is 16.4. The van der Waals surface area contributed by atoms with Gasteiger partial charge in [0.05, 0.1) is 24.0 Å². The van der Waals surface area contributed by atoms with Crippen LogP contribution in [0.5, 0.6) is 0 Å². The maximum Gasteiger partial charge on any atom is 0.229 e. The number of hydrogen-bond donors (Lipinski definition) is 1. The number of aromatic nitrogens is 2. The summed E-state index contributed by atoms with van der Waals surface area (Å²) in [7, 11) is 0. The Morgan fingerprint density at radius 3 is 2.63 bits per heavy atom. The van der Waals surface area contributed by atoms with Gasteiger partial charge < -0.3 is 15.1 Å². The van der Waals surface area contributed by atoms with Gasteiger partial charge in [0, 0.05) is 36.2 Å². The molecule has 27 heavy (non-hydrogen) atoms. The van der Waals surface area contributed by atoms with Crippen LogP contribution in [0.4, 0.5) is 17.3 Å². The van der Waals surface area contributed by atoms with Crippen LogP contribution in [0.1, 0.15) is 19.3 Å². The van der Waals surface area contributed by atoms with Crippen LogP contribution < -0.4 is 15.1 Å². The number of carbonyl (C=O) groups excluding carboxylic acids is 2. The first kappa shape index (κ1) is 17.9. The maximum absolute atomic E-state index is 12.6. The Balaban J connectivity index is 1.39. The highest BCUT2D eigenvalue weighted by Crippen LogP contribution is 2.28. The van der Waals surface area contributed by atoms with E-state index in [0.29, 0.717) is 18.2 Å². The topological polar surface area (TPSA) is 78.4 Å². The van der Waals surface area contributed by atoms with Gasteiger partial charge >= 0.3 is 0 Å². The van der Waals surface area contributed by atoms with Gasteiger partial charge in [0.15, 0.2) is 0 Å². The highest BCUT2D eigenvalue weighted by Gasteiger charge is 2.35. The second-order valence-electron chi connectivity index (χ2n) is 6.84. The first-order valence-corrected chi connectivity index (χ1v) is 9.83. The molecule has 0 saturated carbocycles. The van der Waals surface area contributed by atoms with E-state index >= 15 is 0 Å². The van der Waals surface area contributed by atoms with E-state index in [1.165, 1.54) is 0 Å². The molecule has 2 aliphatic heterocycles. The smallest absolute Gasteiger partial charge is 0.229 e. The molecule has 1 unspecified atom stereocenters. The monoisotopic (exact) mass is 429 g/mol. The van der Waals surface area contributed by atoms with Gasteiger partial charge in [-0.2, -0.15) is 0 Å². The van der Waals surface area contributed by atoms with E-state index in [9.17, 15) is 9.59 Å². The molecule has 0 aliphatic carbocycles. The third-order valence-corrected chi connectivity index (χ3v) is 5.40. The Morgan fingerprint density at radius 1 is 1.19 bits per heavy atom. The van der Waals surface area contributed by atoms with Crippen molar-refractivity contribution in [3.63, 3.8) is 0 Å². The molecule has 1 aromatic carbocycles. The normalized spacial score (nSPS) is 19.6. The molecular formula is C19H20BrN5O2. The average molecular weight is 430 g/mol. The molecule has 1 atom stereocenters. The summed E-state index contributed by atoms with van der Waals surface area (Å²) in [4.78, 5) is 37.4. The van der Waals surface area contributed by atoms with Crippen molar-refractivity contribution in [2.24, 2.45) is 5.92 Å². The number of anilines is 3. The van der Waals surface area contributed by atoms with Gasteiger partial charge in [-0.05, 0) is 31.0 Å². The summed E-state index contributed by atoms with van der Waals surface area (Å²) in [5.74, 6) is 0.0735. The molecular weight excluding hydrogens is 410 g/mol. The van der Waals surface area contributed by atoms with E-state index in [0.717, 1.165) is 36.1 Å². The fraction of sp³-hybridized carbons (Fsp3) is 0.368. The summed E-state index contributed by atoms with van der Waals surface area (Å²) in [6, 6.07) is 7.52. The lowest BCUT2D eigenvalue weighted by atomic mass is 10.1. The highest BCUT2D eigenvalue weighted by atomic mass is 79.9. The molecule has 1 N–H and O–H groups in total. The molecule has 0 bridgehead atoms. The van der Waals surface area contributed by atoms with Crippen LogP contribution in [0.15, 0.2) is 41.1 Å². The van der Waals surface area contributed by atoms with Crippen LogP contribution in [-0.4, -0.2) is 41.4 Å². The van der Waals surface area contributed by atoms with Crippen LogP contribution in [-0.2, 0) is 9.59 Å². The SMILES string of the molecule is O=C(Nc1cnc(N2CCCC2)nc1)C1CC(=O)N(c2cccc(Br)c2)C1. The van der Waals surface area contributed by atoms with Crippen molar-refractivity contribution in [3.05, 3.63) is 41.1 Å². The van der Waals surface area contributed by atoms with Gasteiger partial charge in [0.1, 0.15) is 0 Å². The van der Waals surface area contributed by atoms with E-state index in [2.05, 4.69) is 36.1 Å². The summed E-state index contributed by atoms with van der Waals surface area (Å²) in [5.41, 5.74) is 1.35. The molecule has 0 radical (unpaired) electrons. The summed E-state index contributed by atoms with van der Waals surface area (Å²) in [6.07, 6.45) is 5.77. The van der Waals surface area contributed by atoms with E-state index < -0.39 is 5.92 Å². The van der Waals surface area contributed by atoms with Gasteiger partial charge in [-0.1, -0.05) is 22.0 Å². The minimum Gasteiger partial charge on any atom is -0.341 e. The molecule has 2 aromatic rings. The Hall–Kier alpha value is -2.48. The van der Waals surface area contributed by atoms with Gasteiger partial charge in [-0.25, -0.2) is 9.97 Å². The first-order chi connectivity index (χ1) is 13.1. The van der Waals surface area contributed by atoms with E-state index in [-0.39, 0.29) is 18.2 Å². The third-order valence-electron chi connectivity index (χ3n) is 4.91. The number of amides is 2. The van der Waals surface area contributed by atoms with Crippen molar-refractivity contribution in [2.75, 3.05) is 34.8 Å². The van der Waals surface area contributed by atoms with Crippen LogP contribution >= 0.6 is 15.9 Å². The van der Waals surface area contributed by atoms with Crippen molar-refractivity contribution >= 4 is 45.1 Å². The van der Waals surface area contributed by atoms with E-state index in [1.807, 2.05) is 24.3 Å². The molecule has 140 valence electrons. The molecule has 4 rings (SSSR count). The van der Waals surface area contributed by atoms with Gasteiger partial charge in [0.2, 0.25) is 17.8 Å². The number of benzene rings is 1. The quantitative estimate of drug-likeness (QED) is 0.807. The molecule has 1 aromatic heterocycles. The number of nitrogens with zero attached hydrogens (tertiary/aromatic N) is 4.